The van der Waals surface area contributed by atoms with Crippen LogP contribution < -0.4 is 10.1 Å². The van der Waals surface area contributed by atoms with Crippen molar-refractivity contribution in [1.82, 2.24) is 0 Å². The predicted molar refractivity (Wildman–Crippen MR) is 101 cm³/mol. The Hall–Kier alpha value is -2.72. The highest BCUT2D eigenvalue weighted by atomic mass is 35.5. The molecule has 0 radical (unpaired) electrons. The minimum atomic E-state index is -0.430. The lowest BCUT2D eigenvalue weighted by molar-refractivity contribution is 0.0602. The number of nitrogens with one attached hydrogen (secondary N) is 1. The zero-order valence-corrected chi connectivity index (χ0v) is 14.5. The summed E-state index contributed by atoms with van der Waals surface area (Å²) >= 11 is 5.95. The number of fused-ring (bicyclic) bond motifs is 1. The standard InChI is InChI=1S/C20H18ClNO3/c1-24-20(23)18-13-16(21)7-9-19(18)22-10-11-25-17-8-6-14-4-2-3-5-15(14)12-17/h2-9,12-13,22H,10-11H2,1H3. The van der Waals surface area contributed by atoms with E-state index in [1.165, 1.54) is 12.5 Å². The fraction of sp³-hybridized carbons (Fsp3) is 0.150. The monoisotopic (exact) mass is 355 g/mol. The quantitative estimate of drug-likeness (QED) is 0.511. The molecule has 0 aliphatic heterocycles. The lowest BCUT2D eigenvalue weighted by Gasteiger charge is -2.12. The molecule has 0 atom stereocenters. The van der Waals surface area contributed by atoms with Gasteiger partial charge in [0.25, 0.3) is 0 Å². The van der Waals surface area contributed by atoms with Crippen LogP contribution in [0.1, 0.15) is 10.4 Å². The number of rotatable bonds is 6. The van der Waals surface area contributed by atoms with Gasteiger partial charge >= 0.3 is 5.97 Å². The summed E-state index contributed by atoms with van der Waals surface area (Å²) in [6.07, 6.45) is 0. The minimum absolute atomic E-state index is 0.403. The third-order valence-corrected chi connectivity index (χ3v) is 4.03. The summed E-state index contributed by atoms with van der Waals surface area (Å²) in [5, 5.41) is 5.98. The van der Waals surface area contributed by atoms with Crippen molar-refractivity contribution in [2.75, 3.05) is 25.6 Å². The maximum Gasteiger partial charge on any atom is 0.340 e. The molecule has 128 valence electrons. The molecule has 0 saturated heterocycles. The van der Waals surface area contributed by atoms with Gasteiger partial charge < -0.3 is 14.8 Å². The van der Waals surface area contributed by atoms with Gasteiger partial charge in [-0.15, -0.1) is 0 Å². The first kappa shape index (κ1) is 17.1. The zero-order valence-electron chi connectivity index (χ0n) is 13.8. The van der Waals surface area contributed by atoms with Gasteiger partial charge in [-0.05, 0) is 41.1 Å². The molecule has 0 aromatic heterocycles. The van der Waals surface area contributed by atoms with Gasteiger partial charge in [0.05, 0.1) is 12.7 Å². The molecule has 0 aliphatic carbocycles. The first-order chi connectivity index (χ1) is 12.2. The highest BCUT2D eigenvalue weighted by Crippen LogP contribution is 2.22. The second-order valence-electron chi connectivity index (χ2n) is 5.47. The van der Waals surface area contributed by atoms with E-state index < -0.39 is 5.97 Å². The Morgan fingerprint density at radius 1 is 1.04 bits per heavy atom. The Morgan fingerprint density at radius 2 is 1.84 bits per heavy atom. The van der Waals surface area contributed by atoms with Crippen molar-refractivity contribution in [3.8, 4) is 5.75 Å². The second-order valence-corrected chi connectivity index (χ2v) is 5.90. The minimum Gasteiger partial charge on any atom is -0.492 e. The molecule has 0 spiro atoms. The molecular weight excluding hydrogens is 338 g/mol. The number of methoxy groups -OCH3 is 1. The van der Waals surface area contributed by atoms with Crippen LogP contribution in [0.25, 0.3) is 10.8 Å². The number of carbonyl (C=O) groups is 1. The van der Waals surface area contributed by atoms with Crippen LogP contribution in [0.15, 0.2) is 60.7 Å². The van der Waals surface area contributed by atoms with Crippen LogP contribution in [0.4, 0.5) is 5.69 Å². The summed E-state index contributed by atoms with van der Waals surface area (Å²) in [5.74, 6) is 0.380. The molecule has 5 heteroatoms. The largest absolute Gasteiger partial charge is 0.492 e. The molecule has 0 unspecified atom stereocenters. The Balaban J connectivity index is 1.60. The summed E-state index contributed by atoms with van der Waals surface area (Å²) < 4.78 is 10.6. The van der Waals surface area contributed by atoms with E-state index in [4.69, 9.17) is 21.1 Å². The van der Waals surface area contributed by atoms with Gasteiger partial charge in [-0.25, -0.2) is 4.79 Å². The first-order valence-corrected chi connectivity index (χ1v) is 8.28. The third kappa shape index (κ3) is 4.22. The van der Waals surface area contributed by atoms with Crippen LogP contribution >= 0.6 is 11.6 Å². The maximum atomic E-state index is 11.8. The van der Waals surface area contributed by atoms with Crippen LogP contribution in [-0.2, 0) is 4.74 Å². The number of hydrogen-bond acceptors (Lipinski definition) is 4. The van der Waals surface area contributed by atoms with E-state index in [1.807, 2.05) is 30.3 Å². The number of hydrogen-bond donors (Lipinski definition) is 1. The molecule has 1 N–H and O–H groups in total. The van der Waals surface area contributed by atoms with Gasteiger partial charge in [0.1, 0.15) is 12.4 Å². The molecule has 0 heterocycles. The average Bonchev–Trinajstić information content (AvgIpc) is 2.65. The Labute approximate surface area is 151 Å². The van der Waals surface area contributed by atoms with Crippen LogP contribution in [0, 0.1) is 0 Å². The highest BCUT2D eigenvalue weighted by molar-refractivity contribution is 6.31. The van der Waals surface area contributed by atoms with Crippen LogP contribution in [-0.4, -0.2) is 26.2 Å². The van der Waals surface area contributed by atoms with Crippen LogP contribution in [0.2, 0.25) is 5.02 Å². The van der Waals surface area contributed by atoms with Gasteiger partial charge in [-0.3, -0.25) is 0 Å². The molecule has 3 aromatic carbocycles. The first-order valence-electron chi connectivity index (χ1n) is 7.91. The van der Waals surface area contributed by atoms with Crippen molar-refractivity contribution in [3.05, 3.63) is 71.2 Å². The average molecular weight is 356 g/mol. The fourth-order valence-electron chi connectivity index (χ4n) is 2.56. The number of ether oxygens (including phenoxy) is 2. The van der Waals surface area contributed by atoms with Crippen molar-refractivity contribution in [2.45, 2.75) is 0 Å². The topological polar surface area (TPSA) is 47.6 Å². The molecule has 0 bridgehead atoms. The highest BCUT2D eigenvalue weighted by Gasteiger charge is 2.12. The van der Waals surface area contributed by atoms with Crippen molar-refractivity contribution in [3.63, 3.8) is 0 Å². The SMILES string of the molecule is COC(=O)c1cc(Cl)ccc1NCCOc1ccc2ccccc2c1. The van der Waals surface area contributed by atoms with E-state index >= 15 is 0 Å². The summed E-state index contributed by atoms with van der Waals surface area (Å²) in [4.78, 5) is 11.8. The van der Waals surface area contributed by atoms with Gasteiger partial charge in [-0.1, -0.05) is 41.9 Å². The van der Waals surface area contributed by atoms with Crippen LogP contribution in [0.5, 0.6) is 5.75 Å². The van der Waals surface area contributed by atoms with Crippen molar-refractivity contribution in [1.29, 1.82) is 0 Å². The molecule has 3 aromatic rings. The lowest BCUT2D eigenvalue weighted by atomic mass is 10.1. The number of esters is 1. The lowest BCUT2D eigenvalue weighted by Crippen LogP contribution is -2.14. The molecule has 0 aliphatic rings. The second kappa shape index (κ2) is 7.90. The zero-order chi connectivity index (χ0) is 17.6. The number of anilines is 1. The van der Waals surface area contributed by atoms with Crippen molar-refractivity contribution < 1.29 is 14.3 Å². The summed E-state index contributed by atoms with van der Waals surface area (Å²) in [6.45, 7) is 1.00. The summed E-state index contributed by atoms with van der Waals surface area (Å²) in [6, 6.07) is 19.2. The van der Waals surface area contributed by atoms with E-state index in [9.17, 15) is 4.79 Å². The fourth-order valence-corrected chi connectivity index (χ4v) is 2.73. The van der Waals surface area contributed by atoms with Gasteiger partial charge in [0, 0.05) is 17.3 Å². The molecule has 0 saturated carbocycles. The summed E-state index contributed by atoms with van der Waals surface area (Å²) in [5.41, 5.74) is 1.07. The molecule has 3 rings (SSSR count). The molecule has 25 heavy (non-hydrogen) atoms. The normalized spacial score (nSPS) is 10.5. The molecular formula is C20H18ClNO3. The van der Waals surface area contributed by atoms with Gasteiger partial charge in [-0.2, -0.15) is 0 Å². The van der Waals surface area contributed by atoms with Crippen LogP contribution in [0.3, 0.4) is 0 Å². The summed E-state index contributed by atoms with van der Waals surface area (Å²) in [7, 11) is 1.34. The van der Waals surface area contributed by atoms with E-state index in [2.05, 4.69) is 17.4 Å². The van der Waals surface area contributed by atoms with E-state index in [-0.39, 0.29) is 0 Å². The number of carbonyl (C=O) groups excluding carboxylic acids is 1. The van der Waals surface area contributed by atoms with E-state index in [1.54, 1.807) is 18.2 Å². The Morgan fingerprint density at radius 3 is 2.64 bits per heavy atom. The number of benzene rings is 3. The molecule has 0 amide bonds. The Bertz CT molecular complexity index is 895. The predicted octanol–water partition coefficient (Wildman–Crippen LogP) is 4.77. The van der Waals surface area contributed by atoms with E-state index in [0.717, 1.165) is 11.1 Å². The Kier molecular flexibility index (Phi) is 5.41. The van der Waals surface area contributed by atoms with Crippen molar-refractivity contribution in [2.24, 2.45) is 0 Å². The van der Waals surface area contributed by atoms with Gasteiger partial charge in [0.15, 0.2) is 0 Å². The maximum absolute atomic E-state index is 11.8. The molecule has 4 nitrogen and oxygen atoms in total. The third-order valence-electron chi connectivity index (χ3n) is 3.79. The smallest absolute Gasteiger partial charge is 0.340 e. The van der Waals surface area contributed by atoms with E-state index in [0.29, 0.717) is 29.4 Å². The van der Waals surface area contributed by atoms with Crippen molar-refractivity contribution >= 4 is 34.0 Å². The number of halogens is 1. The van der Waals surface area contributed by atoms with Gasteiger partial charge in [0.2, 0.25) is 0 Å². The molecule has 0 fully saturated rings.